The molecule has 0 bridgehead atoms. The van der Waals surface area contributed by atoms with E-state index < -0.39 is 6.10 Å². The molecule has 0 spiro atoms. The number of unbranched alkanes of at least 4 members (excludes halogenated alkanes) is 19. The molecular weight excluding hydrogens is 757 g/mol. The van der Waals surface area contributed by atoms with Gasteiger partial charge < -0.3 is 14.2 Å². The van der Waals surface area contributed by atoms with E-state index in [-0.39, 0.29) is 31.1 Å². The molecule has 0 fully saturated rings. The fourth-order valence-electron chi connectivity index (χ4n) is 6.57. The Morgan fingerprint density at radius 2 is 0.639 bits per heavy atom. The molecule has 0 unspecified atom stereocenters. The molecule has 0 amide bonds. The van der Waals surface area contributed by atoms with Crippen LogP contribution in [-0.2, 0) is 28.6 Å². The topological polar surface area (TPSA) is 78.9 Å². The molecule has 1 atom stereocenters. The molecule has 61 heavy (non-hydrogen) atoms. The van der Waals surface area contributed by atoms with Gasteiger partial charge in [-0.1, -0.05) is 176 Å². The van der Waals surface area contributed by atoms with E-state index in [0.717, 1.165) is 122 Å². The minimum Gasteiger partial charge on any atom is -0.462 e. The Balaban J connectivity index is 4.50. The molecule has 0 aliphatic heterocycles. The number of carbonyl (C=O) groups excluding carboxylic acids is 3. The van der Waals surface area contributed by atoms with E-state index in [1.807, 2.05) is 0 Å². The molecule has 0 aromatic carbocycles. The second kappa shape index (κ2) is 49.2. The SMILES string of the molecule is CC/C=C\C/C=C\C/C=C\C/C=C\CCCCC(=O)OC[C@H](COC(=O)CCCCCCC/C=C\CCCCCC)OC(=O)CCCCCCC/C=C\C/C=C\CCCCC. The molecule has 0 N–H and O–H groups in total. The molecular formula is C55H92O6. The zero-order valence-corrected chi connectivity index (χ0v) is 39.7. The van der Waals surface area contributed by atoms with Crippen molar-refractivity contribution in [1.29, 1.82) is 0 Å². The van der Waals surface area contributed by atoms with E-state index in [2.05, 4.69) is 106 Å². The van der Waals surface area contributed by atoms with Gasteiger partial charge in [-0.3, -0.25) is 14.4 Å². The number of carbonyl (C=O) groups is 3. The summed E-state index contributed by atoms with van der Waals surface area (Å²) < 4.78 is 16.7. The minimum absolute atomic E-state index is 0.101. The monoisotopic (exact) mass is 849 g/mol. The zero-order chi connectivity index (χ0) is 44.4. The number of esters is 3. The normalized spacial score (nSPS) is 12.8. The van der Waals surface area contributed by atoms with Gasteiger partial charge in [0.25, 0.3) is 0 Å². The van der Waals surface area contributed by atoms with Crippen molar-refractivity contribution in [3.63, 3.8) is 0 Å². The molecule has 0 saturated heterocycles. The largest absolute Gasteiger partial charge is 0.462 e. The van der Waals surface area contributed by atoms with Crippen LogP contribution in [0, 0.1) is 0 Å². The van der Waals surface area contributed by atoms with Crippen LogP contribution >= 0.6 is 0 Å². The summed E-state index contributed by atoms with van der Waals surface area (Å²) in [4.78, 5) is 37.9. The molecule has 0 rings (SSSR count). The van der Waals surface area contributed by atoms with Crippen molar-refractivity contribution >= 4 is 17.9 Å². The van der Waals surface area contributed by atoms with Crippen LogP contribution in [0.4, 0.5) is 0 Å². The van der Waals surface area contributed by atoms with Crippen molar-refractivity contribution in [3.05, 3.63) is 85.1 Å². The Labute approximate surface area is 375 Å². The number of rotatable bonds is 44. The molecule has 0 heterocycles. The van der Waals surface area contributed by atoms with Crippen LogP contribution in [0.1, 0.15) is 226 Å². The van der Waals surface area contributed by atoms with Gasteiger partial charge in [-0.25, -0.2) is 0 Å². The van der Waals surface area contributed by atoms with Gasteiger partial charge in [0, 0.05) is 19.3 Å². The van der Waals surface area contributed by atoms with Crippen molar-refractivity contribution < 1.29 is 28.6 Å². The molecule has 0 aromatic rings. The maximum atomic E-state index is 12.8. The third-order valence-corrected chi connectivity index (χ3v) is 10.4. The fraction of sp³-hybridized carbons (Fsp3) is 0.691. The molecule has 0 aromatic heterocycles. The van der Waals surface area contributed by atoms with Crippen molar-refractivity contribution in [2.45, 2.75) is 232 Å². The van der Waals surface area contributed by atoms with Gasteiger partial charge in [-0.2, -0.15) is 0 Å². The molecule has 0 saturated carbocycles. The van der Waals surface area contributed by atoms with Crippen LogP contribution in [0.5, 0.6) is 0 Å². The van der Waals surface area contributed by atoms with E-state index in [9.17, 15) is 14.4 Å². The third-order valence-electron chi connectivity index (χ3n) is 10.4. The van der Waals surface area contributed by atoms with Gasteiger partial charge in [-0.15, -0.1) is 0 Å². The summed E-state index contributed by atoms with van der Waals surface area (Å²) in [5.74, 6) is -0.969. The van der Waals surface area contributed by atoms with Crippen LogP contribution in [0.15, 0.2) is 85.1 Å². The molecule has 348 valence electrons. The summed E-state index contributed by atoms with van der Waals surface area (Å²) in [6.07, 6.45) is 62.8. The first-order valence-corrected chi connectivity index (χ1v) is 25.1. The third kappa shape index (κ3) is 47.5. The van der Waals surface area contributed by atoms with E-state index in [1.165, 1.54) is 64.2 Å². The molecule has 0 aliphatic carbocycles. The lowest BCUT2D eigenvalue weighted by Gasteiger charge is -2.18. The highest BCUT2D eigenvalue weighted by Crippen LogP contribution is 2.13. The van der Waals surface area contributed by atoms with Gasteiger partial charge in [0.1, 0.15) is 13.2 Å². The summed E-state index contributed by atoms with van der Waals surface area (Å²) >= 11 is 0. The van der Waals surface area contributed by atoms with Crippen LogP contribution in [0.3, 0.4) is 0 Å². The Hall–Kier alpha value is -3.41. The van der Waals surface area contributed by atoms with Gasteiger partial charge in [0.05, 0.1) is 0 Å². The Bertz CT molecular complexity index is 1200. The van der Waals surface area contributed by atoms with Gasteiger partial charge >= 0.3 is 17.9 Å². The van der Waals surface area contributed by atoms with Gasteiger partial charge in [-0.05, 0) is 116 Å². The van der Waals surface area contributed by atoms with E-state index >= 15 is 0 Å². The standard InChI is InChI=1S/C55H92O6/c1-4-7-10-13-16-19-22-25-27-30-33-36-39-42-45-48-54(57)60-51-52(50-59-53(56)47-44-41-38-35-32-29-24-21-18-15-12-9-6-3)61-55(58)49-46-43-40-37-34-31-28-26-23-20-17-14-11-8-5-2/h7,10,16-17,19-21,24-28,33,36,52H,4-6,8-9,11-15,18,22-23,29-32,34-35,37-51H2,1-3H3/b10-7-,19-16-,20-17-,24-21-,27-25-,28-26-,36-33-/t52-/m0/s1. The summed E-state index contributed by atoms with van der Waals surface area (Å²) in [6, 6.07) is 0. The minimum atomic E-state index is -0.803. The summed E-state index contributed by atoms with van der Waals surface area (Å²) in [5.41, 5.74) is 0. The first kappa shape index (κ1) is 57.6. The predicted octanol–water partition coefficient (Wildman–Crippen LogP) is 16.4. The average Bonchev–Trinajstić information content (AvgIpc) is 3.26. The highest BCUT2D eigenvalue weighted by molar-refractivity contribution is 5.71. The predicted molar refractivity (Wildman–Crippen MR) is 261 cm³/mol. The van der Waals surface area contributed by atoms with Gasteiger partial charge in [0.2, 0.25) is 0 Å². The molecule has 0 radical (unpaired) electrons. The van der Waals surface area contributed by atoms with Crippen molar-refractivity contribution in [3.8, 4) is 0 Å². The van der Waals surface area contributed by atoms with Crippen LogP contribution in [-0.4, -0.2) is 37.2 Å². The Morgan fingerprint density at radius 1 is 0.344 bits per heavy atom. The van der Waals surface area contributed by atoms with Crippen LogP contribution in [0.2, 0.25) is 0 Å². The van der Waals surface area contributed by atoms with E-state index in [4.69, 9.17) is 14.2 Å². The Kier molecular flexibility index (Phi) is 46.5. The molecule has 6 nitrogen and oxygen atoms in total. The maximum Gasteiger partial charge on any atom is 0.306 e. The first-order valence-electron chi connectivity index (χ1n) is 25.1. The number of ether oxygens (including phenoxy) is 3. The van der Waals surface area contributed by atoms with Crippen LogP contribution in [0.25, 0.3) is 0 Å². The first-order chi connectivity index (χ1) is 30.0. The second-order valence-electron chi connectivity index (χ2n) is 16.3. The van der Waals surface area contributed by atoms with Crippen molar-refractivity contribution in [2.24, 2.45) is 0 Å². The quantitative estimate of drug-likeness (QED) is 0.0263. The lowest BCUT2D eigenvalue weighted by Crippen LogP contribution is -2.30. The molecule has 0 aliphatic rings. The maximum absolute atomic E-state index is 12.8. The van der Waals surface area contributed by atoms with E-state index in [0.29, 0.717) is 19.3 Å². The zero-order valence-electron chi connectivity index (χ0n) is 39.7. The number of hydrogen-bond acceptors (Lipinski definition) is 6. The van der Waals surface area contributed by atoms with Crippen molar-refractivity contribution in [1.82, 2.24) is 0 Å². The highest BCUT2D eigenvalue weighted by atomic mass is 16.6. The van der Waals surface area contributed by atoms with Gasteiger partial charge in [0.15, 0.2) is 6.10 Å². The second-order valence-corrected chi connectivity index (χ2v) is 16.3. The fourth-order valence-corrected chi connectivity index (χ4v) is 6.57. The molecule has 6 heteroatoms. The van der Waals surface area contributed by atoms with Crippen molar-refractivity contribution in [2.75, 3.05) is 13.2 Å². The lowest BCUT2D eigenvalue weighted by molar-refractivity contribution is -0.167. The summed E-state index contributed by atoms with van der Waals surface area (Å²) in [5, 5.41) is 0. The summed E-state index contributed by atoms with van der Waals surface area (Å²) in [6.45, 7) is 6.41. The lowest BCUT2D eigenvalue weighted by atomic mass is 10.1. The Morgan fingerprint density at radius 3 is 1.08 bits per heavy atom. The summed E-state index contributed by atoms with van der Waals surface area (Å²) in [7, 11) is 0. The van der Waals surface area contributed by atoms with E-state index in [1.54, 1.807) is 0 Å². The average molecular weight is 849 g/mol. The number of allylic oxidation sites excluding steroid dienone is 14. The van der Waals surface area contributed by atoms with Crippen LogP contribution < -0.4 is 0 Å². The smallest absolute Gasteiger partial charge is 0.306 e. The number of hydrogen-bond donors (Lipinski definition) is 0. The highest BCUT2D eigenvalue weighted by Gasteiger charge is 2.19.